The lowest BCUT2D eigenvalue weighted by atomic mass is 10.00. The van der Waals surface area contributed by atoms with E-state index in [1.54, 1.807) is 4.90 Å². The molecule has 0 radical (unpaired) electrons. The standard InChI is InChI=1S/C19H27N3O3/c1-11-16(10-23)12(2)21-17(20-11)13-6-14-8-22(9-15(14)7-13)18(24)25-19(3,4)5/h6,14-15,23H,7-10H2,1-5H3. The Morgan fingerprint density at radius 3 is 2.44 bits per heavy atom. The third-order valence-electron chi connectivity index (χ3n) is 4.91. The number of hydrogen-bond donors (Lipinski definition) is 1. The molecule has 0 aromatic carbocycles. The minimum Gasteiger partial charge on any atom is -0.444 e. The summed E-state index contributed by atoms with van der Waals surface area (Å²) in [5, 5.41) is 9.40. The molecule has 2 atom stereocenters. The second kappa shape index (κ2) is 6.41. The summed E-state index contributed by atoms with van der Waals surface area (Å²) >= 11 is 0. The van der Waals surface area contributed by atoms with E-state index in [-0.39, 0.29) is 12.7 Å². The van der Waals surface area contributed by atoms with Crippen LogP contribution in [0.25, 0.3) is 5.57 Å². The van der Waals surface area contributed by atoms with Gasteiger partial charge in [0.25, 0.3) is 0 Å². The van der Waals surface area contributed by atoms with Gasteiger partial charge >= 0.3 is 6.09 Å². The van der Waals surface area contributed by atoms with Crippen LogP contribution in [0.2, 0.25) is 0 Å². The fourth-order valence-electron chi connectivity index (χ4n) is 3.66. The maximum atomic E-state index is 12.2. The van der Waals surface area contributed by atoms with Crippen molar-refractivity contribution in [3.05, 3.63) is 28.9 Å². The number of nitrogens with zero attached hydrogens (tertiary/aromatic N) is 3. The Kier molecular flexibility index (Phi) is 4.58. The molecular formula is C19H27N3O3. The molecule has 25 heavy (non-hydrogen) atoms. The van der Waals surface area contributed by atoms with Gasteiger partial charge in [-0.25, -0.2) is 14.8 Å². The van der Waals surface area contributed by atoms with Gasteiger partial charge in [-0.05, 0) is 52.5 Å². The van der Waals surface area contributed by atoms with E-state index in [1.165, 1.54) is 0 Å². The minimum absolute atomic E-state index is 0.0346. The number of aliphatic hydroxyl groups is 1. The summed E-state index contributed by atoms with van der Waals surface area (Å²) in [6.07, 6.45) is 2.86. The quantitative estimate of drug-likeness (QED) is 0.892. The molecule has 1 saturated heterocycles. The number of fused-ring (bicyclic) bond motifs is 1. The normalized spacial score (nSPS) is 22.8. The molecule has 1 aliphatic heterocycles. The van der Waals surface area contributed by atoms with Crippen molar-refractivity contribution in [1.29, 1.82) is 0 Å². The average molecular weight is 345 g/mol. The molecule has 1 aromatic rings. The van der Waals surface area contributed by atoms with Crippen LogP contribution in [0.4, 0.5) is 4.79 Å². The first kappa shape index (κ1) is 17.9. The Morgan fingerprint density at radius 1 is 1.28 bits per heavy atom. The van der Waals surface area contributed by atoms with Crippen molar-refractivity contribution >= 4 is 11.7 Å². The van der Waals surface area contributed by atoms with E-state index in [1.807, 2.05) is 34.6 Å². The van der Waals surface area contributed by atoms with Crippen molar-refractivity contribution in [3.8, 4) is 0 Å². The summed E-state index contributed by atoms with van der Waals surface area (Å²) in [6.45, 7) is 10.8. The molecule has 0 bridgehead atoms. The third kappa shape index (κ3) is 3.68. The fourth-order valence-corrected chi connectivity index (χ4v) is 3.66. The third-order valence-corrected chi connectivity index (χ3v) is 4.91. The second-order valence-corrected chi connectivity index (χ2v) is 8.06. The Bertz CT molecular complexity index is 698. The molecule has 6 heteroatoms. The summed E-state index contributed by atoms with van der Waals surface area (Å²) in [6, 6.07) is 0. The number of allylic oxidation sites excluding steroid dienone is 1. The first-order valence-electron chi connectivity index (χ1n) is 8.82. The number of hydrogen-bond acceptors (Lipinski definition) is 5. The molecular weight excluding hydrogens is 318 g/mol. The summed E-state index contributed by atoms with van der Waals surface area (Å²) in [4.78, 5) is 23.2. The van der Waals surface area contributed by atoms with Crippen LogP contribution >= 0.6 is 0 Å². The largest absolute Gasteiger partial charge is 0.444 e. The summed E-state index contributed by atoms with van der Waals surface area (Å²) in [5.74, 6) is 1.50. The molecule has 2 unspecified atom stereocenters. The fraction of sp³-hybridized carbons (Fsp3) is 0.632. The molecule has 1 N–H and O–H groups in total. The highest BCUT2D eigenvalue weighted by Crippen LogP contribution is 2.40. The highest BCUT2D eigenvalue weighted by Gasteiger charge is 2.40. The number of carbonyl (C=O) groups is 1. The molecule has 2 aliphatic rings. The van der Waals surface area contributed by atoms with E-state index in [9.17, 15) is 9.90 Å². The highest BCUT2D eigenvalue weighted by atomic mass is 16.6. The lowest BCUT2D eigenvalue weighted by molar-refractivity contribution is 0.0285. The minimum atomic E-state index is -0.465. The average Bonchev–Trinajstić information content (AvgIpc) is 3.03. The van der Waals surface area contributed by atoms with Crippen LogP contribution in [0.1, 0.15) is 50.0 Å². The molecule has 2 heterocycles. The monoisotopic (exact) mass is 345 g/mol. The van der Waals surface area contributed by atoms with Crippen molar-refractivity contribution in [2.75, 3.05) is 13.1 Å². The van der Waals surface area contributed by atoms with Crippen LogP contribution in [0.5, 0.6) is 0 Å². The van der Waals surface area contributed by atoms with E-state index < -0.39 is 5.60 Å². The van der Waals surface area contributed by atoms with E-state index in [4.69, 9.17) is 4.74 Å². The second-order valence-electron chi connectivity index (χ2n) is 8.06. The molecule has 1 aliphatic carbocycles. The van der Waals surface area contributed by atoms with Crippen molar-refractivity contribution in [2.45, 2.75) is 53.2 Å². The topological polar surface area (TPSA) is 75.6 Å². The Morgan fingerprint density at radius 2 is 1.92 bits per heavy atom. The zero-order chi connectivity index (χ0) is 18.4. The predicted molar refractivity (Wildman–Crippen MR) is 94.8 cm³/mol. The van der Waals surface area contributed by atoms with Crippen molar-refractivity contribution in [1.82, 2.24) is 14.9 Å². The van der Waals surface area contributed by atoms with Gasteiger partial charge in [0.05, 0.1) is 6.61 Å². The lowest BCUT2D eigenvalue weighted by Gasteiger charge is -2.24. The van der Waals surface area contributed by atoms with Crippen LogP contribution < -0.4 is 0 Å². The molecule has 1 amide bonds. The lowest BCUT2D eigenvalue weighted by Crippen LogP contribution is -2.35. The van der Waals surface area contributed by atoms with Gasteiger partial charge in [0.15, 0.2) is 5.82 Å². The number of aromatic nitrogens is 2. The summed E-state index contributed by atoms with van der Waals surface area (Å²) in [7, 11) is 0. The highest BCUT2D eigenvalue weighted by molar-refractivity contribution is 5.70. The van der Waals surface area contributed by atoms with Crippen LogP contribution in [-0.2, 0) is 11.3 Å². The maximum Gasteiger partial charge on any atom is 0.410 e. The summed E-state index contributed by atoms with van der Waals surface area (Å²) in [5.41, 5.74) is 3.15. The maximum absolute atomic E-state index is 12.2. The van der Waals surface area contributed by atoms with Gasteiger partial charge in [-0.1, -0.05) is 6.08 Å². The first-order valence-corrected chi connectivity index (χ1v) is 8.82. The molecule has 136 valence electrons. The van der Waals surface area contributed by atoms with Crippen molar-refractivity contribution in [3.63, 3.8) is 0 Å². The van der Waals surface area contributed by atoms with Gasteiger partial charge in [0.1, 0.15) is 5.60 Å². The molecule has 6 nitrogen and oxygen atoms in total. The molecule has 1 fully saturated rings. The summed E-state index contributed by atoms with van der Waals surface area (Å²) < 4.78 is 5.47. The zero-order valence-electron chi connectivity index (χ0n) is 15.7. The van der Waals surface area contributed by atoms with Gasteiger partial charge < -0.3 is 14.7 Å². The molecule has 1 aromatic heterocycles. The number of aliphatic hydroxyl groups excluding tert-OH is 1. The van der Waals surface area contributed by atoms with Crippen LogP contribution in [-0.4, -0.2) is 44.8 Å². The van der Waals surface area contributed by atoms with Gasteiger partial charge in [0.2, 0.25) is 0 Å². The van der Waals surface area contributed by atoms with Crippen LogP contribution in [0.3, 0.4) is 0 Å². The Hall–Kier alpha value is -1.95. The number of likely N-dealkylation sites (tertiary alicyclic amines) is 1. The van der Waals surface area contributed by atoms with Gasteiger partial charge in [-0.2, -0.15) is 0 Å². The van der Waals surface area contributed by atoms with E-state index >= 15 is 0 Å². The number of rotatable bonds is 2. The van der Waals surface area contributed by atoms with E-state index in [0.29, 0.717) is 24.9 Å². The number of aryl methyl sites for hydroxylation is 2. The predicted octanol–water partition coefficient (Wildman–Crippen LogP) is 2.86. The number of amides is 1. The Labute approximate surface area is 148 Å². The van der Waals surface area contributed by atoms with Crippen molar-refractivity contribution in [2.24, 2.45) is 11.8 Å². The zero-order valence-corrected chi connectivity index (χ0v) is 15.7. The smallest absolute Gasteiger partial charge is 0.410 e. The van der Waals surface area contributed by atoms with Gasteiger partial charge in [-0.15, -0.1) is 0 Å². The van der Waals surface area contributed by atoms with Crippen LogP contribution in [0.15, 0.2) is 6.08 Å². The van der Waals surface area contributed by atoms with E-state index in [2.05, 4.69) is 16.0 Å². The van der Waals surface area contributed by atoms with Gasteiger partial charge in [-0.3, -0.25) is 0 Å². The molecule has 0 saturated carbocycles. The number of carbonyl (C=O) groups excluding carboxylic acids is 1. The van der Waals surface area contributed by atoms with E-state index in [0.717, 1.165) is 34.8 Å². The first-order chi connectivity index (χ1) is 11.7. The number of ether oxygens (including phenoxy) is 1. The SMILES string of the molecule is Cc1nc(C2=CC3CN(C(=O)OC(C)(C)C)CC3C2)nc(C)c1CO. The molecule has 3 rings (SSSR count). The van der Waals surface area contributed by atoms with Gasteiger partial charge in [0, 0.05) is 36.0 Å². The van der Waals surface area contributed by atoms with Crippen LogP contribution in [0, 0.1) is 25.7 Å². The van der Waals surface area contributed by atoms with Crippen molar-refractivity contribution < 1.29 is 14.6 Å². The molecule has 0 spiro atoms. The Balaban J connectivity index is 1.72.